The molecule has 2 rings (SSSR count). The van der Waals surface area contributed by atoms with Gasteiger partial charge in [0, 0.05) is 11.1 Å². The van der Waals surface area contributed by atoms with Crippen molar-refractivity contribution in [1.82, 2.24) is 0 Å². The first-order chi connectivity index (χ1) is 7.70. The Morgan fingerprint density at radius 1 is 1.38 bits per heavy atom. The number of halogens is 1. The van der Waals surface area contributed by atoms with E-state index < -0.39 is 0 Å². The van der Waals surface area contributed by atoms with E-state index in [4.69, 9.17) is 16.3 Å². The van der Waals surface area contributed by atoms with Gasteiger partial charge in [-0.1, -0.05) is 29.8 Å². The molecule has 4 heteroatoms. The van der Waals surface area contributed by atoms with Crippen LogP contribution in [-0.4, -0.2) is 12.2 Å². The zero-order valence-electron chi connectivity index (χ0n) is 8.57. The molecule has 1 heterocycles. The molecule has 1 aliphatic rings. The molecule has 0 saturated carbocycles. The van der Waals surface area contributed by atoms with Crippen LogP contribution in [0.25, 0.3) is 6.08 Å². The van der Waals surface area contributed by atoms with E-state index in [1.54, 1.807) is 7.11 Å². The molecule has 0 aromatic heterocycles. The summed E-state index contributed by atoms with van der Waals surface area (Å²) in [6.07, 6.45) is 3.33. The molecule has 0 fully saturated rings. The Balaban J connectivity index is 2.36. The minimum atomic E-state index is -0.0184. The van der Waals surface area contributed by atoms with Crippen molar-refractivity contribution in [3.05, 3.63) is 51.6 Å². The van der Waals surface area contributed by atoms with Gasteiger partial charge >= 0.3 is 0 Å². The quantitative estimate of drug-likeness (QED) is 0.806. The zero-order chi connectivity index (χ0) is 11.5. The van der Waals surface area contributed by atoms with Crippen molar-refractivity contribution >= 4 is 34.6 Å². The maximum absolute atomic E-state index is 11.2. The predicted molar refractivity (Wildman–Crippen MR) is 67.1 cm³/mol. The average Bonchev–Trinajstić information content (AvgIpc) is 2.62. The highest BCUT2D eigenvalue weighted by molar-refractivity contribution is 8.18. The van der Waals surface area contributed by atoms with E-state index in [0.717, 1.165) is 22.2 Å². The molecule has 0 saturated heterocycles. The van der Waals surface area contributed by atoms with E-state index in [2.05, 4.69) is 0 Å². The van der Waals surface area contributed by atoms with Gasteiger partial charge in [-0.2, -0.15) is 0 Å². The van der Waals surface area contributed by atoms with Crippen LogP contribution in [-0.2, 0) is 9.53 Å². The third-order valence-corrected chi connectivity index (χ3v) is 3.32. The van der Waals surface area contributed by atoms with Gasteiger partial charge in [0.15, 0.2) is 0 Å². The molecule has 2 nitrogen and oxygen atoms in total. The van der Waals surface area contributed by atoms with Crippen LogP contribution >= 0.6 is 23.4 Å². The summed E-state index contributed by atoms with van der Waals surface area (Å²) in [6.45, 7) is 0. The lowest BCUT2D eigenvalue weighted by Crippen LogP contribution is -1.84. The summed E-state index contributed by atoms with van der Waals surface area (Å²) in [7, 11) is 1.55. The number of rotatable bonds is 2. The smallest absolute Gasteiger partial charge is 0.220 e. The number of benzene rings is 1. The second kappa shape index (κ2) is 4.76. The monoisotopic (exact) mass is 252 g/mol. The van der Waals surface area contributed by atoms with Crippen LogP contribution in [0.15, 0.2) is 41.0 Å². The molecule has 16 heavy (non-hydrogen) atoms. The number of carbonyl (C=O) groups excluding carboxylic acids is 1. The fourth-order valence-corrected chi connectivity index (χ4v) is 2.36. The summed E-state index contributed by atoms with van der Waals surface area (Å²) in [4.78, 5) is 12.0. The molecule has 0 bridgehead atoms. The van der Waals surface area contributed by atoms with Crippen LogP contribution in [0.4, 0.5) is 0 Å². The molecule has 1 aromatic carbocycles. The molecule has 0 spiro atoms. The largest absolute Gasteiger partial charge is 0.495 e. The highest BCUT2D eigenvalue weighted by Gasteiger charge is 2.20. The van der Waals surface area contributed by atoms with Crippen molar-refractivity contribution in [2.24, 2.45) is 0 Å². The van der Waals surface area contributed by atoms with Gasteiger partial charge in [-0.25, -0.2) is 0 Å². The Hall–Kier alpha value is -1.19. The number of methoxy groups -OCH3 is 1. The van der Waals surface area contributed by atoms with Crippen LogP contribution in [0.3, 0.4) is 0 Å². The third kappa shape index (κ3) is 2.31. The third-order valence-electron chi connectivity index (χ3n) is 2.11. The molecule has 82 valence electrons. The Bertz CT molecular complexity index is 492. The first-order valence-corrected chi connectivity index (χ1v) is 5.84. The van der Waals surface area contributed by atoms with Gasteiger partial charge in [0.2, 0.25) is 5.12 Å². The minimum absolute atomic E-state index is 0.0184. The van der Waals surface area contributed by atoms with Crippen molar-refractivity contribution < 1.29 is 9.53 Å². The van der Waals surface area contributed by atoms with Crippen molar-refractivity contribution in [1.29, 1.82) is 0 Å². The van der Waals surface area contributed by atoms with Crippen LogP contribution in [0.1, 0.15) is 5.56 Å². The Kier molecular flexibility index (Phi) is 3.36. The van der Waals surface area contributed by atoms with Gasteiger partial charge in [0.1, 0.15) is 5.76 Å². The van der Waals surface area contributed by atoms with E-state index in [1.807, 2.05) is 30.3 Å². The summed E-state index contributed by atoms with van der Waals surface area (Å²) in [6, 6.07) is 7.47. The number of hydrogen-bond acceptors (Lipinski definition) is 3. The first-order valence-electron chi connectivity index (χ1n) is 4.65. The summed E-state index contributed by atoms with van der Waals surface area (Å²) in [5.41, 5.74) is 0.879. The minimum Gasteiger partial charge on any atom is -0.495 e. The molecule has 0 unspecified atom stereocenters. The molecule has 0 radical (unpaired) electrons. The number of thioether (sulfide) groups is 1. The molecule has 0 atom stereocenters. The lowest BCUT2D eigenvalue weighted by Gasteiger charge is -2.03. The SMILES string of the molecule is COC1=CC(=O)S/C1=C\c1ccccc1Cl. The maximum atomic E-state index is 11.2. The highest BCUT2D eigenvalue weighted by Crippen LogP contribution is 2.35. The Morgan fingerprint density at radius 2 is 2.12 bits per heavy atom. The highest BCUT2D eigenvalue weighted by atomic mass is 35.5. The summed E-state index contributed by atoms with van der Waals surface area (Å²) in [5, 5.41) is 0.639. The molecule has 0 aliphatic carbocycles. The molecule has 0 amide bonds. The van der Waals surface area contributed by atoms with Crippen molar-refractivity contribution in [3.8, 4) is 0 Å². The number of hydrogen-bond donors (Lipinski definition) is 0. The average molecular weight is 253 g/mol. The molecule has 1 aliphatic heterocycles. The number of ether oxygens (including phenoxy) is 1. The van der Waals surface area contributed by atoms with E-state index in [9.17, 15) is 4.79 Å². The topological polar surface area (TPSA) is 26.3 Å². The van der Waals surface area contributed by atoms with Crippen molar-refractivity contribution in [3.63, 3.8) is 0 Å². The molecular formula is C12H9ClO2S. The standard InChI is InChI=1S/C12H9ClO2S/c1-15-10-7-12(14)16-11(10)6-8-4-2-3-5-9(8)13/h2-7H,1H3/b11-6-. The summed E-state index contributed by atoms with van der Waals surface area (Å²) < 4.78 is 5.11. The Morgan fingerprint density at radius 3 is 2.81 bits per heavy atom. The maximum Gasteiger partial charge on any atom is 0.220 e. The molecular weight excluding hydrogens is 244 g/mol. The summed E-state index contributed by atoms with van der Waals surface area (Å²) in [5.74, 6) is 0.593. The van der Waals surface area contributed by atoms with Crippen molar-refractivity contribution in [2.75, 3.05) is 7.11 Å². The zero-order valence-corrected chi connectivity index (χ0v) is 10.1. The van der Waals surface area contributed by atoms with E-state index in [1.165, 1.54) is 6.08 Å². The van der Waals surface area contributed by atoms with Gasteiger partial charge in [-0.05, 0) is 29.5 Å². The second-order valence-corrected chi connectivity index (χ2v) is 4.62. The van der Waals surface area contributed by atoms with Crippen LogP contribution in [0.5, 0.6) is 0 Å². The van der Waals surface area contributed by atoms with Gasteiger partial charge in [-0.15, -0.1) is 0 Å². The van der Waals surface area contributed by atoms with Crippen LogP contribution < -0.4 is 0 Å². The Labute approximate surface area is 103 Å². The van der Waals surface area contributed by atoms with Gasteiger partial charge < -0.3 is 4.74 Å². The van der Waals surface area contributed by atoms with Gasteiger partial charge in [0.25, 0.3) is 0 Å². The fraction of sp³-hybridized carbons (Fsp3) is 0.0833. The lowest BCUT2D eigenvalue weighted by atomic mass is 10.2. The number of carbonyl (C=O) groups is 1. The van der Waals surface area contributed by atoms with Crippen LogP contribution in [0.2, 0.25) is 5.02 Å². The molecule has 1 aromatic rings. The van der Waals surface area contributed by atoms with E-state index in [-0.39, 0.29) is 5.12 Å². The first kappa shape index (κ1) is 11.3. The normalized spacial score (nSPS) is 17.8. The second-order valence-electron chi connectivity index (χ2n) is 3.16. The molecule has 0 N–H and O–H groups in total. The fourth-order valence-electron chi connectivity index (χ4n) is 1.36. The summed E-state index contributed by atoms with van der Waals surface area (Å²) >= 11 is 7.18. The van der Waals surface area contributed by atoms with E-state index >= 15 is 0 Å². The van der Waals surface area contributed by atoms with Gasteiger partial charge in [-0.3, -0.25) is 4.79 Å². The lowest BCUT2D eigenvalue weighted by molar-refractivity contribution is -0.106. The van der Waals surface area contributed by atoms with E-state index in [0.29, 0.717) is 10.8 Å². The van der Waals surface area contributed by atoms with Crippen molar-refractivity contribution in [2.45, 2.75) is 0 Å². The predicted octanol–water partition coefficient (Wildman–Crippen LogP) is 3.48. The van der Waals surface area contributed by atoms with Gasteiger partial charge in [0.05, 0.1) is 12.0 Å². The van der Waals surface area contributed by atoms with Crippen LogP contribution in [0, 0.1) is 0 Å².